The molecule has 0 saturated heterocycles. The Morgan fingerprint density at radius 3 is 2.32 bits per heavy atom. The second-order valence-electron chi connectivity index (χ2n) is 14.5. The van der Waals surface area contributed by atoms with Gasteiger partial charge in [0.15, 0.2) is 0 Å². The number of amides is 1. The number of carboxylic acids is 1. The second-order valence-corrected chi connectivity index (χ2v) is 15.2. The number of aryl methyl sites for hydroxylation is 6. The van der Waals surface area contributed by atoms with Crippen molar-refractivity contribution >= 4 is 68.3 Å². The van der Waals surface area contributed by atoms with Gasteiger partial charge in [0.1, 0.15) is 17.1 Å². The van der Waals surface area contributed by atoms with E-state index in [1.165, 1.54) is 0 Å². The second kappa shape index (κ2) is 13.5. The molecular formula is C41H44Cl2N6O4. The Bertz CT molecular complexity index is 2470. The molecule has 4 heterocycles. The summed E-state index contributed by atoms with van der Waals surface area (Å²) in [5, 5.41) is 17.8. The van der Waals surface area contributed by atoms with Gasteiger partial charge in [0, 0.05) is 79.1 Å². The third-order valence-electron chi connectivity index (χ3n) is 10.7. The lowest BCUT2D eigenvalue weighted by atomic mass is 9.98. The zero-order valence-electron chi connectivity index (χ0n) is 31.6. The number of carbonyl (C=O) groups is 2. The quantitative estimate of drug-likeness (QED) is 0.148. The molecule has 1 aliphatic heterocycles. The molecule has 10 nitrogen and oxygen atoms in total. The van der Waals surface area contributed by atoms with Crippen LogP contribution in [-0.4, -0.2) is 63.1 Å². The van der Waals surface area contributed by atoms with Gasteiger partial charge in [0.05, 0.1) is 34.0 Å². The zero-order valence-corrected chi connectivity index (χ0v) is 33.1. The molecule has 7 rings (SSSR count). The normalized spacial score (nSPS) is 14.4. The van der Waals surface area contributed by atoms with E-state index in [2.05, 4.69) is 11.5 Å². The number of carbonyl (C=O) groups excluding carboxylic acids is 1. The number of aromatic carboxylic acids is 1. The third kappa shape index (κ3) is 5.92. The van der Waals surface area contributed by atoms with E-state index in [-0.39, 0.29) is 17.6 Å². The number of anilines is 2. The molecule has 1 N–H and O–H groups in total. The molecule has 1 amide bonds. The molecule has 0 bridgehead atoms. The molecule has 3 aromatic carbocycles. The minimum atomic E-state index is -1.03. The highest BCUT2D eigenvalue weighted by molar-refractivity contribution is 6.35. The number of rotatable bonds is 9. The topological polar surface area (TPSA) is 97.8 Å². The van der Waals surface area contributed by atoms with Crippen LogP contribution in [0, 0.1) is 27.7 Å². The fourth-order valence-corrected chi connectivity index (χ4v) is 8.43. The first-order chi connectivity index (χ1) is 25.1. The Morgan fingerprint density at radius 1 is 1.00 bits per heavy atom. The molecule has 0 spiro atoms. The Labute approximate surface area is 319 Å². The summed E-state index contributed by atoms with van der Waals surface area (Å²) in [7, 11) is 7.53. The van der Waals surface area contributed by atoms with Gasteiger partial charge in [0.25, 0.3) is 5.91 Å². The molecule has 276 valence electrons. The van der Waals surface area contributed by atoms with Crippen LogP contribution >= 0.6 is 23.2 Å². The lowest BCUT2D eigenvalue weighted by molar-refractivity contribution is 0.0687. The van der Waals surface area contributed by atoms with E-state index in [4.69, 9.17) is 33.0 Å². The van der Waals surface area contributed by atoms with E-state index in [1.807, 2.05) is 99.7 Å². The highest BCUT2D eigenvalue weighted by Gasteiger charge is 2.38. The third-order valence-corrected chi connectivity index (χ3v) is 11.6. The van der Waals surface area contributed by atoms with Crippen molar-refractivity contribution in [1.82, 2.24) is 18.9 Å². The van der Waals surface area contributed by atoms with Crippen LogP contribution in [0.5, 0.6) is 5.75 Å². The van der Waals surface area contributed by atoms with Crippen molar-refractivity contribution in [3.05, 3.63) is 92.0 Å². The first-order valence-corrected chi connectivity index (χ1v) is 18.5. The van der Waals surface area contributed by atoms with Crippen LogP contribution in [-0.2, 0) is 20.5 Å². The van der Waals surface area contributed by atoms with Gasteiger partial charge in [-0.05, 0) is 101 Å². The molecule has 53 heavy (non-hydrogen) atoms. The SMILES string of the molecule is Cc1cc(OCCCc2c3n(c4c(-c5c(C)nn(C)c5C)c(Cl)ccc24)[C@H](C)CN(c2cc(N(C)C)cc4cc(C(=O)O)n(C)c24)C3=O)cc(C)c1Cl. The van der Waals surface area contributed by atoms with Crippen LogP contribution in [0.15, 0.2) is 42.5 Å². The van der Waals surface area contributed by atoms with Crippen LogP contribution in [0.2, 0.25) is 10.0 Å². The molecule has 6 aromatic rings. The summed E-state index contributed by atoms with van der Waals surface area (Å²) in [4.78, 5) is 31.3. The van der Waals surface area contributed by atoms with E-state index in [1.54, 1.807) is 17.7 Å². The zero-order chi connectivity index (χ0) is 38.2. The summed E-state index contributed by atoms with van der Waals surface area (Å²) >= 11 is 13.5. The molecule has 0 fully saturated rings. The molecule has 3 aromatic heterocycles. The fraction of sp³-hybridized carbons (Fsp3) is 0.341. The molecule has 12 heteroatoms. The molecule has 0 unspecified atom stereocenters. The predicted octanol–water partition coefficient (Wildman–Crippen LogP) is 9.07. The van der Waals surface area contributed by atoms with Crippen molar-refractivity contribution in [2.45, 2.75) is 53.5 Å². The molecule has 0 aliphatic carbocycles. The maximum atomic E-state index is 15.2. The standard InChI is InChI=1S/C41H44Cl2N6O4/c1-21-15-28(16-22(2)36(21)43)53-14-10-11-29-30-12-13-31(42)35(34-24(4)44-47(9)25(34)5)38(30)49-23(3)20-48(40(50)39(29)49)32-19-27(45(6)7)17-26-18-33(41(51)52)46(8)37(26)32/h12-13,15-19,23H,10-11,14,20H2,1-9H3,(H,51,52)/t23-/m1/s1. The van der Waals surface area contributed by atoms with Gasteiger partial charge in [-0.1, -0.05) is 29.3 Å². The fourth-order valence-electron chi connectivity index (χ4n) is 8.07. The van der Waals surface area contributed by atoms with E-state index in [9.17, 15) is 9.90 Å². The lowest BCUT2D eigenvalue weighted by Crippen LogP contribution is -2.43. The van der Waals surface area contributed by atoms with E-state index in [0.717, 1.165) is 72.0 Å². The summed E-state index contributed by atoms with van der Waals surface area (Å²) in [5.41, 5.74) is 10.4. The van der Waals surface area contributed by atoms with Crippen molar-refractivity contribution in [1.29, 1.82) is 0 Å². The van der Waals surface area contributed by atoms with Crippen molar-refractivity contribution in [2.24, 2.45) is 14.1 Å². The van der Waals surface area contributed by atoms with Crippen LogP contribution in [0.4, 0.5) is 11.4 Å². The summed E-state index contributed by atoms with van der Waals surface area (Å²) in [6.45, 7) is 10.9. The average molecular weight is 756 g/mol. The van der Waals surface area contributed by atoms with Crippen LogP contribution in [0.25, 0.3) is 32.9 Å². The molecule has 1 atom stereocenters. The minimum absolute atomic E-state index is 0.150. The average Bonchev–Trinajstić information content (AvgIpc) is 3.71. The minimum Gasteiger partial charge on any atom is -0.494 e. The van der Waals surface area contributed by atoms with E-state index >= 15 is 4.79 Å². The number of nitrogens with zero attached hydrogens (tertiary/aromatic N) is 6. The Morgan fingerprint density at radius 2 is 1.70 bits per heavy atom. The van der Waals surface area contributed by atoms with Crippen LogP contribution in [0.3, 0.4) is 0 Å². The smallest absolute Gasteiger partial charge is 0.352 e. The Kier molecular flexibility index (Phi) is 9.27. The summed E-state index contributed by atoms with van der Waals surface area (Å²) in [6, 6.07) is 13.3. The number of aromatic nitrogens is 4. The van der Waals surface area contributed by atoms with E-state index < -0.39 is 5.97 Å². The first-order valence-electron chi connectivity index (χ1n) is 17.7. The summed E-state index contributed by atoms with van der Waals surface area (Å²) in [5.74, 6) is -0.428. The van der Waals surface area contributed by atoms with Gasteiger partial charge in [-0.2, -0.15) is 5.10 Å². The van der Waals surface area contributed by atoms with Crippen LogP contribution in [0.1, 0.15) is 68.4 Å². The molecule has 1 aliphatic rings. The molecule has 0 saturated carbocycles. The van der Waals surface area contributed by atoms with Gasteiger partial charge in [-0.25, -0.2) is 4.79 Å². The highest BCUT2D eigenvalue weighted by atomic mass is 35.5. The Balaban J connectivity index is 1.41. The number of hydrogen-bond acceptors (Lipinski definition) is 5. The predicted molar refractivity (Wildman–Crippen MR) is 214 cm³/mol. The lowest BCUT2D eigenvalue weighted by Gasteiger charge is -2.35. The summed E-state index contributed by atoms with van der Waals surface area (Å²) in [6.07, 6.45) is 1.22. The van der Waals surface area contributed by atoms with Crippen molar-refractivity contribution < 1.29 is 19.4 Å². The van der Waals surface area contributed by atoms with E-state index in [0.29, 0.717) is 47.9 Å². The van der Waals surface area contributed by atoms with Crippen molar-refractivity contribution in [2.75, 3.05) is 37.0 Å². The molecular weight excluding hydrogens is 711 g/mol. The van der Waals surface area contributed by atoms with Crippen molar-refractivity contribution in [3.8, 4) is 16.9 Å². The number of ether oxygens (including phenoxy) is 1. The Hall–Kier alpha value is -4.93. The number of fused-ring (bicyclic) bond motifs is 4. The maximum Gasteiger partial charge on any atom is 0.352 e. The van der Waals surface area contributed by atoms with Gasteiger partial charge in [-0.15, -0.1) is 0 Å². The van der Waals surface area contributed by atoms with Gasteiger partial charge >= 0.3 is 5.97 Å². The van der Waals surface area contributed by atoms with Gasteiger partial charge < -0.3 is 28.8 Å². The summed E-state index contributed by atoms with van der Waals surface area (Å²) < 4.78 is 11.9. The van der Waals surface area contributed by atoms with Gasteiger partial charge in [0.2, 0.25) is 0 Å². The molecule has 0 radical (unpaired) electrons. The van der Waals surface area contributed by atoms with Gasteiger partial charge in [-0.3, -0.25) is 9.48 Å². The number of hydrogen-bond donors (Lipinski definition) is 1. The highest BCUT2D eigenvalue weighted by Crippen LogP contribution is 2.46. The number of benzene rings is 3. The monoisotopic (exact) mass is 754 g/mol. The van der Waals surface area contributed by atoms with Crippen molar-refractivity contribution in [3.63, 3.8) is 0 Å². The van der Waals surface area contributed by atoms with Crippen LogP contribution < -0.4 is 14.5 Å². The number of carboxylic acid groups (broad SMARTS) is 1. The number of halogens is 2. The maximum absolute atomic E-state index is 15.2. The largest absolute Gasteiger partial charge is 0.494 e. The first kappa shape index (κ1) is 36.4.